The van der Waals surface area contributed by atoms with Crippen LogP contribution < -0.4 is 0 Å². The topological polar surface area (TPSA) is 23.6 Å². The zero-order chi connectivity index (χ0) is 17.9. The van der Waals surface area contributed by atoms with Gasteiger partial charge >= 0.3 is 0 Å². The first-order chi connectivity index (χ1) is 12.7. The number of piperazine rings is 1. The van der Waals surface area contributed by atoms with Crippen LogP contribution in [0.15, 0.2) is 53.9 Å². The molecule has 1 saturated heterocycles. The molecule has 0 saturated carbocycles. The molecule has 1 amide bonds. The molecule has 4 rings (SSSR count). The molecule has 0 spiro atoms. The van der Waals surface area contributed by atoms with E-state index in [1.54, 1.807) is 17.4 Å². The van der Waals surface area contributed by atoms with Crippen LogP contribution >= 0.6 is 22.7 Å². The van der Waals surface area contributed by atoms with E-state index < -0.39 is 0 Å². The predicted octanol–water partition coefficient (Wildman–Crippen LogP) is 4.57. The minimum Gasteiger partial charge on any atom is -0.335 e. The highest BCUT2D eigenvalue weighted by molar-refractivity contribution is 7.15. The third kappa shape index (κ3) is 3.72. The van der Waals surface area contributed by atoms with Crippen molar-refractivity contribution in [3.63, 3.8) is 0 Å². The molecule has 1 aliphatic rings. The number of carbonyl (C=O) groups is 1. The molecule has 0 atom stereocenters. The first-order valence-corrected chi connectivity index (χ1v) is 10.3. The third-order valence-electron chi connectivity index (χ3n) is 4.57. The van der Waals surface area contributed by atoms with Gasteiger partial charge in [-0.1, -0.05) is 24.3 Å². The van der Waals surface area contributed by atoms with Crippen molar-refractivity contribution in [1.29, 1.82) is 0 Å². The number of hydrogen-bond donors (Lipinski definition) is 0. The SMILES string of the molecule is O=C(c1cccs1)N1CCN(Cc2ccc(-c3ccccc3F)s2)CC1. The second-order valence-electron chi connectivity index (χ2n) is 6.29. The van der Waals surface area contributed by atoms with Crippen LogP contribution in [0.1, 0.15) is 14.5 Å². The number of halogens is 1. The molecule has 1 aliphatic heterocycles. The van der Waals surface area contributed by atoms with Gasteiger partial charge in [0, 0.05) is 48.0 Å². The van der Waals surface area contributed by atoms with Gasteiger partial charge < -0.3 is 4.90 Å². The highest BCUT2D eigenvalue weighted by atomic mass is 32.1. The van der Waals surface area contributed by atoms with Gasteiger partial charge in [-0.3, -0.25) is 9.69 Å². The largest absolute Gasteiger partial charge is 0.335 e. The predicted molar refractivity (Wildman–Crippen MR) is 105 cm³/mol. The lowest BCUT2D eigenvalue weighted by molar-refractivity contribution is 0.0634. The van der Waals surface area contributed by atoms with Gasteiger partial charge in [0.15, 0.2) is 0 Å². The van der Waals surface area contributed by atoms with Crippen LogP contribution in [0, 0.1) is 5.82 Å². The van der Waals surface area contributed by atoms with Gasteiger partial charge in [0.05, 0.1) is 4.88 Å². The fourth-order valence-corrected chi connectivity index (χ4v) is 4.92. The van der Waals surface area contributed by atoms with E-state index in [-0.39, 0.29) is 11.7 Å². The average molecular weight is 387 g/mol. The molecule has 0 unspecified atom stereocenters. The second-order valence-corrected chi connectivity index (χ2v) is 8.41. The molecule has 2 aromatic heterocycles. The van der Waals surface area contributed by atoms with Crippen molar-refractivity contribution in [2.24, 2.45) is 0 Å². The summed E-state index contributed by atoms with van der Waals surface area (Å²) in [6.45, 7) is 4.08. The summed E-state index contributed by atoms with van der Waals surface area (Å²) >= 11 is 3.13. The molecule has 0 bridgehead atoms. The summed E-state index contributed by atoms with van der Waals surface area (Å²) in [5.41, 5.74) is 0.662. The van der Waals surface area contributed by atoms with E-state index in [0.717, 1.165) is 42.5 Å². The lowest BCUT2D eigenvalue weighted by atomic mass is 10.2. The molecule has 26 heavy (non-hydrogen) atoms. The van der Waals surface area contributed by atoms with Crippen LogP contribution in [0.25, 0.3) is 10.4 Å². The molecule has 6 heteroatoms. The highest BCUT2D eigenvalue weighted by Crippen LogP contribution is 2.30. The smallest absolute Gasteiger partial charge is 0.264 e. The first-order valence-electron chi connectivity index (χ1n) is 8.59. The van der Waals surface area contributed by atoms with E-state index in [1.165, 1.54) is 22.3 Å². The lowest BCUT2D eigenvalue weighted by Crippen LogP contribution is -2.48. The molecule has 1 fully saturated rings. The van der Waals surface area contributed by atoms with Gasteiger partial charge in [0.1, 0.15) is 5.82 Å². The third-order valence-corrected chi connectivity index (χ3v) is 6.53. The van der Waals surface area contributed by atoms with Crippen LogP contribution in [0.4, 0.5) is 4.39 Å². The Bertz CT molecular complexity index is 883. The fourth-order valence-electron chi connectivity index (χ4n) is 3.15. The van der Waals surface area contributed by atoms with Crippen molar-refractivity contribution in [1.82, 2.24) is 9.80 Å². The minimum absolute atomic E-state index is 0.137. The van der Waals surface area contributed by atoms with E-state index in [2.05, 4.69) is 11.0 Å². The molecule has 3 heterocycles. The molecular formula is C20H19FN2OS2. The summed E-state index contributed by atoms with van der Waals surface area (Å²) in [7, 11) is 0. The molecule has 1 aromatic carbocycles. The van der Waals surface area contributed by atoms with Crippen molar-refractivity contribution in [3.8, 4) is 10.4 Å². The van der Waals surface area contributed by atoms with Gasteiger partial charge in [0.2, 0.25) is 0 Å². The molecule has 0 N–H and O–H groups in total. The van der Waals surface area contributed by atoms with Crippen molar-refractivity contribution >= 4 is 28.6 Å². The number of carbonyl (C=O) groups excluding carboxylic acids is 1. The summed E-state index contributed by atoms with van der Waals surface area (Å²) in [5, 5.41) is 1.94. The maximum atomic E-state index is 13.9. The standard InChI is InChI=1S/C20H19FN2OS2/c21-17-5-2-1-4-16(17)18-8-7-15(26-18)14-22-9-11-23(12-10-22)20(24)19-6-3-13-25-19/h1-8,13H,9-12,14H2. The molecule has 3 nitrogen and oxygen atoms in total. The van der Waals surface area contributed by atoms with Crippen molar-refractivity contribution in [3.05, 3.63) is 69.5 Å². The normalized spacial score (nSPS) is 15.3. The number of benzene rings is 1. The zero-order valence-electron chi connectivity index (χ0n) is 14.2. The molecule has 134 valence electrons. The Morgan fingerprint density at radius 2 is 1.81 bits per heavy atom. The summed E-state index contributed by atoms with van der Waals surface area (Å²) in [5.74, 6) is -0.0424. The monoisotopic (exact) mass is 386 g/mol. The van der Waals surface area contributed by atoms with Crippen molar-refractivity contribution in [2.45, 2.75) is 6.54 Å². The second kappa shape index (κ2) is 7.70. The van der Waals surface area contributed by atoms with E-state index in [9.17, 15) is 9.18 Å². The highest BCUT2D eigenvalue weighted by Gasteiger charge is 2.23. The Labute approximate surface area is 160 Å². The van der Waals surface area contributed by atoms with Crippen LogP contribution in [0.5, 0.6) is 0 Å². The Morgan fingerprint density at radius 1 is 1.00 bits per heavy atom. The van der Waals surface area contributed by atoms with Crippen molar-refractivity contribution in [2.75, 3.05) is 26.2 Å². The maximum absolute atomic E-state index is 13.9. The van der Waals surface area contributed by atoms with E-state index in [4.69, 9.17) is 0 Å². The fraction of sp³-hybridized carbons (Fsp3) is 0.250. The summed E-state index contributed by atoms with van der Waals surface area (Å²) < 4.78 is 13.9. The first kappa shape index (κ1) is 17.4. The quantitative estimate of drug-likeness (QED) is 0.656. The van der Waals surface area contributed by atoms with E-state index in [1.807, 2.05) is 40.6 Å². The van der Waals surface area contributed by atoms with Gasteiger partial charge in [-0.05, 0) is 29.6 Å². The van der Waals surface area contributed by atoms with E-state index in [0.29, 0.717) is 5.56 Å². The maximum Gasteiger partial charge on any atom is 0.264 e. The van der Waals surface area contributed by atoms with Gasteiger partial charge in [-0.25, -0.2) is 4.39 Å². The summed E-state index contributed by atoms with van der Waals surface area (Å²) in [6, 6.07) is 14.8. The van der Waals surface area contributed by atoms with Crippen molar-refractivity contribution < 1.29 is 9.18 Å². The molecule has 0 radical (unpaired) electrons. The number of thiophene rings is 2. The number of rotatable bonds is 4. The molecule has 0 aliphatic carbocycles. The number of nitrogens with zero attached hydrogens (tertiary/aromatic N) is 2. The zero-order valence-corrected chi connectivity index (χ0v) is 15.9. The van der Waals surface area contributed by atoms with Gasteiger partial charge in [-0.2, -0.15) is 0 Å². The molecule has 3 aromatic rings. The lowest BCUT2D eigenvalue weighted by Gasteiger charge is -2.34. The average Bonchev–Trinajstić information content (AvgIpc) is 3.34. The van der Waals surface area contributed by atoms with Crippen LogP contribution in [0.3, 0.4) is 0 Å². The Morgan fingerprint density at radius 3 is 2.54 bits per heavy atom. The van der Waals surface area contributed by atoms with Crippen LogP contribution in [-0.2, 0) is 6.54 Å². The van der Waals surface area contributed by atoms with Crippen LogP contribution in [-0.4, -0.2) is 41.9 Å². The Hall–Kier alpha value is -2.02. The van der Waals surface area contributed by atoms with Crippen LogP contribution in [0.2, 0.25) is 0 Å². The Balaban J connectivity index is 1.35. The number of hydrogen-bond acceptors (Lipinski definition) is 4. The summed E-state index contributed by atoms with van der Waals surface area (Å²) in [4.78, 5) is 19.7. The van der Waals surface area contributed by atoms with E-state index >= 15 is 0 Å². The Kier molecular flexibility index (Phi) is 5.15. The number of amides is 1. The van der Waals surface area contributed by atoms with Gasteiger partial charge in [0.25, 0.3) is 5.91 Å². The minimum atomic E-state index is -0.179. The molecular weight excluding hydrogens is 367 g/mol. The summed E-state index contributed by atoms with van der Waals surface area (Å²) in [6.07, 6.45) is 0. The van der Waals surface area contributed by atoms with Gasteiger partial charge in [-0.15, -0.1) is 22.7 Å².